The van der Waals surface area contributed by atoms with Crippen LogP contribution in [0.15, 0.2) is 18.2 Å². The van der Waals surface area contributed by atoms with Gasteiger partial charge >= 0.3 is 0 Å². The fourth-order valence-corrected chi connectivity index (χ4v) is 2.88. The molecule has 1 saturated carbocycles. The largest absolute Gasteiger partial charge is 0.496 e. The van der Waals surface area contributed by atoms with E-state index in [0.29, 0.717) is 11.3 Å². The van der Waals surface area contributed by atoms with E-state index in [1.165, 1.54) is 25.3 Å². The number of halogens is 1. The Morgan fingerprint density at radius 2 is 1.78 bits per heavy atom. The van der Waals surface area contributed by atoms with Crippen LogP contribution >= 0.6 is 0 Å². The van der Waals surface area contributed by atoms with Crippen LogP contribution in [-0.4, -0.2) is 12.9 Å². The molecule has 1 fully saturated rings. The zero-order chi connectivity index (χ0) is 13.7. The summed E-state index contributed by atoms with van der Waals surface area (Å²) in [5.74, 6) is -0.0719. The molecule has 1 aliphatic carbocycles. The number of benzene rings is 1. The third-order valence-corrected chi connectivity index (χ3v) is 4.71. The summed E-state index contributed by atoms with van der Waals surface area (Å²) in [6, 6.07) is 4.08. The molecule has 2 nitrogen and oxygen atoms in total. The van der Waals surface area contributed by atoms with Crippen LogP contribution in [0.5, 0.6) is 5.75 Å². The highest BCUT2D eigenvalue weighted by molar-refractivity contribution is 6.03. The zero-order valence-electron chi connectivity index (χ0n) is 11.5. The number of hydrogen-bond acceptors (Lipinski definition) is 2. The van der Waals surface area contributed by atoms with Gasteiger partial charge in [-0.05, 0) is 29.0 Å². The van der Waals surface area contributed by atoms with E-state index < -0.39 is 5.82 Å². The standard InChI is InChI=1S/C15H19FO2/c1-14(2)13(15(14,3)4)12(17)10-8-9(16)6-7-11(10)18-5/h6-8,13H,1-5H3. The fourth-order valence-electron chi connectivity index (χ4n) is 2.88. The van der Waals surface area contributed by atoms with Gasteiger partial charge in [0, 0.05) is 5.92 Å². The van der Waals surface area contributed by atoms with E-state index >= 15 is 0 Å². The molecule has 0 atom stereocenters. The van der Waals surface area contributed by atoms with Crippen LogP contribution in [-0.2, 0) is 0 Å². The lowest BCUT2D eigenvalue weighted by Gasteiger charge is -2.08. The lowest BCUT2D eigenvalue weighted by atomic mass is 10.0. The van der Waals surface area contributed by atoms with Crippen LogP contribution in [0.2, 0.25) is 0 Å². The number of carbonyl (C=O) groups is 1. The number of hydrogen-bond donors (Lipinski definition) is 0. The Kier molecular flexibility index (Phi) is 2.76. The number of rotatable bonds is 3. The maximum Gasteiger partial charge on any atom is 0.170 e. The first-order valence-electron chi connectivity index (χ1n) is 6.11. The Morgan fingerprint density at radius 3 is 2.22 bits per heavy atom. The quantitative estimate of drug-likeness (QED) is 0.765. The molecule has 0 heterocycles. The molecule has 98 valence electrons. The van der Waals surface area contributed by atoms with Gasteiger partial charge in [-0.1, -0.05) is 27.7 Å². The molecule has 1 aliphatic rings. The number of methoxy groups -OCH3 is 1. The monoisotopic (exact) mass is 250 g/mol. The van der Waals surface area contributed by atoms with Gasteiger partial charge in [0.1, 0.15) is 11.6 Å². The summed E-state index contributed by atoms with van der Waals surface area (Å²) in [5, 5.41) is 0. The van der Waals surface area contributed by atoms with Crippen LogP contribution in [0.4, 0.5) is 4.39 Å². The highest BCUT2D eigenvalue weighted by Crippen LogP contribution is 2.69. The number of carbonyl (C=O) groups excluding carboxylic acids is 1. The van der Waals surface area contributed by atoms with Crippen molar-refractivity contribution in [3.05, 3.63) is 29.6 Å². The summed E-state index contributed by atoms with van der Waals surface area (Å²) >= 11 is 0. The van der Waals surface area contributed by atoms with Crippen molar-refractivity contribution in [2.24, 2.45) is 16.7 Å². The molecule has 0 radical (unpaired) electrons. The van der Waals surface area contributed by atoms with Crippen molar-refractivity contribution in [2.45, 2.75) is 27.7 Å². The molecule has 0 aliphatic heterocycles. The second-order valence-corrected chi connectivity index (χ2v) is 6.09. The molecule has 0 N–H and O–H groups in total. The van der Waals surface area contributed by atoms with Crippen molar-refractivity contribution < 1.29 is 13.9 Å². The topological polar surface area (TPSA) is 26.3 Å². The van der Waals surface area contributed by atoms with Gasteiger partial charge < -0.3 is 4.74 Å². The summed E-state index contributed by atoms with van der Waals surface area (Å²) in [6.45, 7) is 8.28. The summed E-state index contributed by atoms with van der Waals surface area (Å²) in [7, 11) is 1.49. The maximum absolute atomic E-state index is 13.3. The molecule has 0 bridgehead atoms. The summed E-state index contributed by atoms with van der Waals surface area (Å²) in [5.41, 5.74) is 0.240. The minimum Gasteiger partial charge on any atom is -0.496 e. The minimum absolute atomic E-state index is 0.0265. The second kappa shape index (κ2) is 3.81. The highest BCUT2D eigenvalue weighted by Gasteiger charge is 2.68. The van der Waals surface area contributed by atoms with E-state index in [1.54, 1.807) is 0 Å². The molecule has 0 spiro atoms. The van der Waals surface area contributed by atoms with E-state index in [-0.39, 0.29) is 22.5 Å². The second-order valence-electron chi connectivity index (χ2n) is 6.09. The zero-order valence-corrected chi connectivity index (χ0v) is 11.5. The number of ether oxygens (including phenoxy) is 1. The van der Waals surface area contributed by atoms with E-state index in [0.717, 1.165) is 0 Å². The smallest absolute Gasteiger partial charge is 0.170 e. The molecule has 0 unspecified atom stereocenters. The summed E-state index contributed by atoms with van der Waals surface area (Å²) < 4.78 is 18.5. The van der Waals surface area contributed by atoms with Gasteiger partial charge in [-0.2, -0.15) is 0 Å². The third-order valence-electron chi connectivity index (χ3n) is 4.71. The van der Waals surface area contributed by atoms with Crippen molar-refractivity contribution in [3.63, 3.8) is 0 Å². The molecule has 0 aromatic heterocycles. The Hall–Kier alpha value is -1.38. The average molecular weight is 250 g/mol. The predicted molar refractivity (Wildman–Crippen MR) is 68.3 cm³/mol. The fraction of sp³-hybridized carbons (Fsp3) is 0.533. The molecule has 2 rings (SSSR count). The molecule has 0 saturated heterocycles. The molecule has 0 amide bonds. The van der Waals surface area contributed by atoms with Crippen LogP contribution < -0.4 is 4.74 Å². The van der Waals surface area contributed by atoms with Crippen molar-refractivity contribution in [1.82, 2.24) is 0 Å². The molecule has 1 aromatic rings. The predicted octanol–water partition coefficient (Wildman–Crippen LogP) is 3.70. The van der Waals surface area contributed by atoms with Crippen LogP contribution in [0.3, 0.4) is 0 Å². The Bertz CT molecular complexity index is 489. The Labute approximate surface area is 107 Å². The van der Waals surface area contributed by atoms with Gasteiger partial charge in [-0.3, -0.25) is 4.79 Å². The molecular weight excluding hydrogens is 231 g/mol. The van der Waals surface area contributed by atoms with E-state index in [4.69, 9.17) is 4.74 Å². The van der Waals surface area contributed by atoms with E-state index in [2.05, 4.69) is 27.7 Å². The minimum atomic E-state index is -0.407. The van der Waals surface area contributed by atoms with E-state index in [9.17, 15) is 9.18 Å². The Balaban J connectivity index is 2.40. The average Bonchev–Trinajstić information content (AvgIpc) is 2.68. The van der Waals surface area contributed by atoms with Crippen LogP contribution in [0.1, 0.15) is 38.1 Å². The van der Waals surface area contributed by atoms with Gasteiger partial charge in [0.2, 0.25) is 0 Å². The van der Waals surface area contributed by atoms with Crippen molar-refractivity contribution in [2.75, 3.05) is 7.11 Å². The SMILES string of the molecule is COc1ccc(F)cc1C(=O)C1C(C)(C)C1(C)C. The summed E-state index contributed by atoms with van der Waals surface area (Å²) in [6.07, 6.45) is 0. The Morgan fingerprint density at radius 1 is 1.22 bits per heavy atom. The van der Waals surface area contributed by atoms with Crippen LogP contribution in [0, 0.1) is 22.6 Å². The van der Waals surface area contributed by atoms with Gasteiger partial charge in [0.25, 0.3) is 0 Å². The molecule has 3 heteroatoms. The van der Waals surface area contributed by atoms with Crippen molar-refractivity contribution in [1.29, 1.82) is 0 Å². The highest BCUT2D eigenvalue weighted by atomic mass is 19.1. The van der Waals surface area contributed by atoms with Crippen molar-refractivity contribution >= 4 is 5.78 Å². The normalized spacial score (nSPS) is 20.6. The lowest BCUT2D eigenvalue weighted by molar-refractivity contribution is 0.0941. The molecule has 1 aromatic carbocycles. The van der Waals surface area contributed by atoms with Crippen molar-refractivity contribution in [3.8, 4) is 5.75 Å². The first kappa shape index (κ1) is 13.1. The van der Waals surface area contributed by atoms with Crippen LogP contribution in [0.25, 0.3) is 0 Å². The van der Waals surface area contributed by atoms with Gasteiger partial charge in [-0.25, -0.2) is 4.39 Å². The maximum atomic E-state index is 13.3. The molecule has 18 heavy (non-hydrogen) atoms. The van der Waals surface area contributed by atoms with Gasteiger partial charge in [-0.15, -0.1) is 0 Å². The number of ketones is 1. The first-order valence-corrected chi connectivity index (χ1v) is 6.11. The third kappa shape index (κ3) is 1.64. The first-order chi connectivity index (χ1) is 8.23. The molecular formula is C15H19FO2. The van der Waals surface area contributed by atoms with Gasteiger partial charge in [0.05, 0.1) is 12.7 Å². The van der Waals surface area contributed by atoms with Gasteiger partial charge in [0.15, 0.2) is 5.78 Å². The number of Topliss-reactive ketones (excluding diaryl/α,β-unsaturated/α-hetero) is 1. The lowest BCUT2D eigenvalue weighted by Crippen LogP contribution is -2.09. The van der Waals surface area contributed by atoms with E-state index in [1.807, 2.05) is 0 Å². The summed E-state index contributed by atoms with van der Waals surface area (Å²) in [4.78, 5) is 12.5.